The highest BCUT2D eigenvalue weighted by Crippen LogP contribution is 2.12. The zero-order valence-electron chi connectivity index (χ0n) is 9.60. The Morgan fingerprint density at radius 3 is 2.19 bits per heavy atom. The lowest BCUT2D eigenvalue weighted by Gasteiger charge is -2.14. The van der Waals surface area contributed by atoms with Crippen LogP contribution in [0.1, 0.15) is 12.5 Å². The van der Waals surface area contributed by atoms with Crippen molar-refractivity contribution in [2.24, 2.45) is 0 Å². The molecule has 0 atom stereocenters. The normalized spacial score (nSPS) is 11.2. The zero-order valence-corrected chi connectivity index (χ0v) is 10.4. The Hall–Kier alpha value is -1.36. The maximum atomic E-state index is 11.9. The molecule has 1 rings (SSSR count). The summed E-state index contributed by atoms with van der Waals surface area (Å²) in [5.41, 5.74) is 0.999. The first kappa shape index (κ1) is 12.7. The summed E-state index contributed by atoms with van der Waals surface area (Å²) in [6.45, 7) is 3.22. The van der Waals surface area contributed by atoms with Gasteiger partial charge in [-0.2, -0.15) is 0 Å². The minimum absolute atomic E-state index is 0.242. The average molecular weight is 241 g/mol. The SMILES string of the molecule is CC(=O)N(C)CS(=O)(=O)c1ccc(C)cc1. The van der Waals surface area contributed by atoms with Gasteiger partial charge in [-0.3, -0.25) is 4.79 Å². The summed E-state index contributed by atoms with van der Waals surface area (Å²) in [7, 11) is -1.95. The number of rotatable bonds is 3. The predicted molar refractivity (Wildman–Crippen MR) is 61.7 cm³/mol. The van der Waals surface area contributed by atoms with Gasteiger partial charge in [0.05, 0.1) is 4.90 Å². The lowest BCUT2D eigenvalue weighted by atomic mass is 10.2. The lowest BCUT2D eigenvalue weighted by Crippen LogP contribution is -2.30. The van der Waals surface area contributed by atoms with Crippen LogP contribution in [0.25, 0.3) is 0 Å². The van der Waals surface area contributed by atoms with E-state index in [2.05, 4.69) is 0 Å². The fourth-order valence-electron chi connectivity index (χ4n) is 1.17. The van der Waals surface area contributed by atoms with Crippen LogP contribution in [0.3, 0.4) is 0 Å². The highest BCUT2D eigenvalue weighted by molar-refractivity contribution is 7.91. The molecule has 0 saturated carbocycles. The maximum Gasteiger partial charge on any atom is 0.220 e. The Kier molecular flexibility index (Phi) is 3.70. The van der Waals surface area contributed by atoms with Gasteiger partial charge in [0.1, 0.15) is 5.88 Å². The van der Waals surface area contributed by atoms with Gasteiger partial charge in [-0.15, -0.1) is 0 Å². The van der Waals surface area contributed by atoms with Crippen molar-refractivity contribution < 1.29 is 13.2 Å². The molecule has 5 heteroatoms. The van der Waals surface area contributed by atoms with Crippen molar-refractivity contribution in [2.45, 2.75) is 18.7 Å². The minimum atomic E-state index is -3.42. The van der Waals surface area contributed by atoms with Crippen LogP contribution in [0, 0.1) is 6.92 Å². The number of aryl methyl sites for hydroxylation is 1. The Labute approximate surface area is 95.8 Å². The van der Waals surface area contributed by atoms with Gasteiger partial charge in [0.25, 0.3) is 0 Å². The number of nitrogens with zero attached hydrogens (tertiary/aromatic N) is 1. The Morgan fingerprint density at radius 1 is 1.25 bits per heavy atom. The fourth-order valence-corrected chi connectivity index (χ4v) is 2.56. The van der Waals surface area contributed by atoms with E-state index in [1.54, 1.807) is 24.3 Å². The zero-order chi connectivity index (χ0) is 12.3. The molecule has 0 heterocycles. The largest absolute Gasteiger partial charge is 0.331 e. The predicted octanol–water partition coefficient (Wildman–Crippen LogP) is 1.20. The van der Waals surface area contributed by atoms with E-state index in [1.807, 2.05) is 6.92 Å². The summed E-state index contributed by atoms with van der Waals surface area (Å²) >= 11 is 0. The monoisotopic (exact) mass is 241 g/mol. The van der Waals surface area contributed by atoms with Crippen LogP contribution in [0.15, 0.2) is 29.2 Å². The van der Waals surface area contributed by atoms with E-state index in [0.717, 1.165) is 5.56 Å². The van der Waals surface area contributed by atoms with E-state index in [-0.39, 0.29) is 16.7 Å². The molecule has 0 aliphatic carbocycles. The van der Waals surface area contributed by atoms with Crippen LogP contribution in [-0.2, 0) is 14.6 Å². The molecule has 1 aromatic rings. The van der Waals surface area contributed by atoms with Crippen LogP contribution in [0.4, 0.5) is 0 Å². The molecule has 0 fully saturated rings. The van der Waals surface area contributed by atoms with Crippen molar-refractivity contribution in [2.75, 3.05) is 12.9 Å². The number of carbonyl (C=O) groups is 1. The first-order chi connectivity index (χ1) is 7.33. The first-order valence-electron chi connectivity index (χ1n) is 4.84. The maximum absolute atomic E-state index is 11.9. The molecule has 0 aliphatic rings. The molecule has 0 unspecified atom stereocenters. The molecular weight excluding hydrogens is 226 g/mol. The Bertz CT molecular complexity index is 476. The van der Waals surface area contributed by atoms with E-state index >= 15 is 0 Å². The minimum Gasteiger partial charge on any atom is -0.331 e. The molecule has 0 N–H and O–H groups in total. The van der Waals surface area contributed by atoms with Gasteiger partial charge in [0.2, 0.25) is 5.91 Å². The number of amides is 1. The van der Waals surface area contributed by atoms with Gasteiger partial charge in [0.15, 0.2) is 9.84 Å². The number of sulfone groups is 1. The molecule has 0 bridgehead atoms. The van der Waals surface area contributed by atoms with Gasteiger partial charge in [-0.25, -0.2) is 8.42 Å². The number of hydrogen-bond acceptors (Lipinski definition) is 3. The Balaban J connectivity index is 2.94. The molecule has 0 spiro atoms. The van der Waals surface area contributed by atoms with Crippen molar-refractivity contribution in [1.29, 1.82) is 0 Å². The van der Waals surface area contributed by atoms with E-state index in [4.69, 9.17) is 0 Å². The molecule has 0 aromatic heterocycles. The standard InChI is InChI=1S/C11H15NO3S/c1-9-4-6-11(7-5-9)16(14,15)8-12(3)10(2)13/h4-7H,8H2,1-3H3. The lowest BCUT2D eigenvalue weighted by molar-refractivity contribution is -0.126. The van der Waals surface area contributed by atoms with Gasteiger partial charge < -0.3 is 4.90 Å². The number of carbonyl (C=O) groups excluding carboxylic acids is 1. The molecule has 4 nitrogen and oxygen atoms in total. The van der Waals surface area contributed by atoms with E-state index < -0.39 is 9.84 Å². The van der Waals surface area contributed by atoms with Gasteiger partial charge in [-0.05, 0) is 19.1 Å². The summed E-state index contributed by atoms with van der Waals surface area (Å²) in [5, 5.41) is 0. The molecule has 0 aliphatic heterocycles. The third-order valence-electron chi connectivity index (χ3n) is 2.28. The second-order valence-electron chi connectivity index (χ2n) is 3.77. The van der Waals surface area contributed by atoms with Crippen LogP contribution < -0.4 is 0 Å². The highest BCUT2D eigenvalue weighted by Gasteiger charge is 2.17. The van der Waals surface area contributed by atoms with Crippen molar-refractivity contribution in [3.63, 3.8) is 0 Å². The summed E-state index contributed by atoms with van der Waals surface area (Å²) in [6, 6.07) is 6.58. The van der Waals surface area contributed by atoms with Crippen molar-refractivity contribution in [3.8, 4) is 0 Å². The molecule has 1 amide bonds. The third-order valence-corrected chi connectivity index (χ3v) is 4.00. The summed E-state index contributed by atoms with van der Waals surface area (Å²) in [4.78, 5) is 12.4. The molecule has 0 saturated heterocycles. The molecule has 1 aromatic carbocycles. The van der Waals surface area contributed by atoms with Crippen LogP contribution in [0.5, 0.6) is 0 Å². The van der Waals surface area contributed by atoms with Gasteiger partial charge in [0, 0.05) is 14.0 Å². The number of hydrogen-bond donors (Lipinski definition) is 0. The summed E-state index contributed by atoms with van der Waals surface area (Å²) < 4.78 is 23.7. The van der Waals surface area contributed by atoms with Crippen LogP contribution in [0.2, 0.25) is 0 Å². The molecule has 88 valence electrons. The van der Waals surface area contributed by atoms with Gasteiger partial charge >= 0.3 is 0 Å². The van der Waals surface area contributed by atoms with Crippen LogP contribution in [-0.4, -0.2) is 32.1 Å². The van der Waals surface area contributed by atoms with Gasteiger partial charge in [-0.1, -0.05) is 17.7 Å². The first-order valence-corrected chi connectivity index (χ1v) is 6.49. The molecule has 16 heavy (non-hydrogen) atoms. The molecular formula is C11H15NO3S. The van der Waals surface area contributed by atoms with E-state index in [9.17, 15) is 13.2 Å². The second-order valence-corrected chi connectivity index (χ2v) is 5.73. The topological polar surface area (TPSA) is 54.5 Å². The number of benzene rings is 1. The van der Waals surface area contributed by atoms with E-state index in [1.165, 1.54) is 18.9 Å². The van der Waals surface area contributed by atoms with Crippen LogP contribution >= 0.6 is 0 Å². The van der Waals surface area contributed by atoms with Crippen molar-refractivity contribution >= 4 is 15.7 Å². The highest BCUT2D eigenvalue weighted by atomic mass is 32.2. The van der Waals surface area contributed by atoms with E-state index in [0.29, 0.717) is 0 Å². The van der Waals surface area contributed by atoms with Crippen molar-refractivity contribution in [1.82, 2.24) is 4.90 Å². The second kappa shape index (κ2) is 4.65. The summed E-state index contributed by atoms with van der Waals surface area (Å²) in [5.74, 6) is -0.554. The fraction of sp³-hybridized carbons (Fsp3) is 0.364. The average Bonchev–Trinajstić information content (AvgIpc) is 2.17. The smallest absolute Gasteiger partial charge is 0.220 e. The summed E-state index contributed by atoms with van der Waals surface area (Å²) in [6.07, 6.45) is 0. The van der Waals surface area contributed by atoms with Crippen molar-refractivity contribution in [3.05, 3.63) is 29.8 Å². The molecule has 0 radical (unpaired) electrons. The third kappa shape index (κ3) is 3.06. The quantitative estimate of drug-likeness (QED) is 0.799. The Morgan fingerprint density at radius 2 is 1.75 bits per heavy atom.